The maximum atomic E-state index is 13.2. The SMILES string of the molecule is NC1COCC1C(=O)Nc1cc(Cl)c(F)c(Cl)c1. The van der Waals surface area contributed by atoms with Crippen LogP contribution in [0.2, 0.25) is 10.0 Å². The highest BCUT2D eigenvalue weighted by atomic mass is 35.5. The van der Waals surface area contributed by atoms with Crippen molar-refractivity contribution < 1.29 is 13.9 Å². The predicted octanol–water partition coefficient (Wildman–Crippen LogP) is 2.04. The third-order valence-corrected chi connectivity index (χ3v) is 3.26. The van der Waals surface area contributed by atoms with Crippen LogP contribution >= 0.6 is 23.2 Å². The standard InChI is InChI=1S/C11H11Cl2FN2O2/c12-7-1-5(2-8(13)10(7)14)16-11(17)6-3-18-4-9(6)15/h1-2,6,9H,3-4,15H2,(H,16,17). The lowest BCUT2D eigenvalue weighted by atomic mass is 10.0. The molecule has 0 aliphatic carbocycles. The number of carbonyl (C=O) groups excluding carboxylic acids is 1. The second kappa shape index (κ2) is 5.40. The van der Waals surface area contributed by atoms with Gasteiger partial charge in [0.2, 0.25) is 5.91 Å². The van der Waals surface area contributed by atoms with Crippen LogP contribution in [0.5, 0.6) is 0 Å². The van der Waals surface area contributed by atoms with Crippen molar-refractivity contribution in [3.63, 3.8) is 0 Å². The van der Waals surface area contributed by atoms with Crippen LogP contribution in [0.4, 0.5) is 10.1 Å². The molecule has 2 unspecified atom stereocenters. The van der Waals surface area contributed by atoms with E-state index in [0.717, 1.165) is 0 Å². The van der Waals surface area contributed by atoms with Crippen molar-refractivity contribution in [3.8, 4) is 0 Å². The number of nitrogens with one attached hydrogen (secondary N) is 1. The second-order valence-corrected chi connectivity index (χ2v) is 4.87. The molecule has 4 nitrogen and oxygen atoms in total. The molecular formula is C11H11Cl2FN2O2. The molecule has 1 aromatic carbocycles. The number of halogens is 3. The lowest BCUT2D eigenvalue weighted by molar-refractivity contribution is -0.120. The number of hydrogen-bond donors (Lipinski definition) is 2. The maximum absolute atomic E-state index is 13.2. The van der Waals surface area contributed by atoms with E-state index in [1.807, 2.05) is 0 Å². The summed E-state index contributed by atoms with van der Waals surface area (Å²) < 4.78 is 18.3. The van der Waals surface area contributed by atoms with E-state index in [2.05, 4.69) is 5.32 Å². The van der Waals surface area contributed by atoms with Gasteiger partial charge in [0.1, 0.15) is 0 Å². The quantitative estimate of drug-likeness (QED) is 0.820. The van der Waals surface area contributed by atoms with Gasteiger partial charge in [-0.3, -0.25) is 4.79 Å². The van der Waals surface area contributed by atoms with Crippen LogP contribution in [0.15, 0.2) is 12.1 Å². The summed E-state index contributed by atoms with van der Waals surface area (Å²) >= 11 is 11.3. The first-order chi connectivity index (χ1) is 8.49. The van der Waals surface area contributed by atoms with Crippen molar-refractivity contribution in [1.82, 2.24) is 0 Å². The maximum Gasteiger partial charge on any atom is 0.231 e. The Morgan fingerprint density at radius 1 is 1.39 bits per heavy atom. The minimum absolute atomic E-state index is 0.148. The van der Waals surface area contributed by atoms with E-state index in [0.29, 0.717) is 12.3 Å². The number of ether oxygens (including phenoxy) is 1. The van der Waals surface area contributed by atoms with E-state index < -0.39 is 11.7 Å². The van der Waals surface area contributed by atoms with Crippen molar-refractivity contribution in [2.45, 2.75) is 6.04 Å². The van der Waals surface area contributed by atoms with Crippen LogP contribution in [0.1, 0.15) is 0 Å². The molecule has 18 heavy (non-hydrogen) atoms. The molecule has 2 rings (SSSR count). The zero-order valence-electron chi connectivity index (χ0n) is 9.25. The van der Waals surface area contributed by atoms with Crippen molar-refractivity contribution >= 4 is 34.8 Å². The van der Waals surface area contributed by atoms with Gasteiger partial charge in [-0.25, -0.2) is 4.39 Å². The number of anilines is 1. The van der Waals surface area contributed by atoms with Crippen LogP contribution in [-0.2, 0) is 9.53 Å². The molecule has 2 atom stereocenters. The average molecular weight is 293 g/mol. The Labute approximate surface area is 113 Å². The van der Waals surface area contributed by atoms with Gasteiger partial charge in [0, 0.05) is 11.7 Å². The zero-order chi connectivity index (χ0) is 13.3. The number of hydrogen-bond acceptors (Lipinski definition) is 3. The summed E-state index contributed by atoms with van der Waals surface area (Å²) in [7, 11) is 0. The highest BCUT2D eigenvalue weighted by molar-refractivity contribution is 6.35. The Hall–Kier alpha value is -0.880. The minimum Gasteiger partial charge on any atom is -0.379 e. The monoisotopic (exact) mass is 292 g/mol. The first kappa shape index (κ1) is 13.5. The third kappa shape index (κ3) is 2.75. The highest BCUT2D eigenvalue weighted by Crippen LogP contribution is 2.27. The smallest absolute Gasteiger partial charge is 0.231 e. The van der Waals surface area contributed by atoms with Gasteiger partial charge in [-0.2, -0.15) is 0 Å². The molecule has 0 bridgehead atoms. The van der Waals surface area contributed by atoms with Gasteiger partial charge in [-0.05, 0) is 12.1 Å². The molecule has 3 N–H and O–H groups in total. The lowest BCUT2D eigenvalue weighted by Gasteiger charge is -2.13. The molecule has 1 fully saturated rings. The number of nitrogens with two attached hydrogens (primary N) is 1. The van der Waals surface area contributed by atoms with Crippen LogP contribution in [-0.4, -0.2) is 25.2 Å². The predicted molar refractivity (Wildman–Crippen MR) is 67.3 cm³/mol. The largest absolute Gasteiger partial charge is 0.379 e. The molecule has 0 radical (unpaired) electrons. The lowest BCUT2D eigenvalue weighted by Crippen LogP contribution is -2.37. The molecule has 1 saturated heterocycles. The average Bonchev–Trinajstić information content (AvgIpc) is 2.72. The zero-order valence-corrected chi connectivity index (χ0v) is 10.8. The Morgan fingerprint density at radius 2 is 2.00 bits per heavy atom. The summed E-state index contributed by atoms with van der Waals surface area (Å²) in [6.07, 6.45) is 0. The van der Waals surface area contributed by atoms with Crippen molar-refractivity contribution in [2.75, 3.05) is 18.5 Å². The van der Waals surface area contributed by atoms with Gasteiger partial charge in [-0.15, -0.1) is 0 Å². The number of benzene rings is 1. The van der Waals surface area contributed by atoms with Crippen LogP contribution in [0.3, 0.4) is 0 Å². The normalized spacial score (nSPS) is 23.1. The molecule has 0 aromatic heterocycles. The first-order valence-corrected chi connectivity index (χ1v) is 6.03. The fourth-order valence-electron chi connectivity index (χ4n) is 1.70. The van der Waals surface area contributed by atoms with Crippen LogP contribution in [0, 0.1) is 11.7 Å². The molecule has 98 valence electrons. The summed E-state index contributed by atoms with van der Waals surface area (Å²) in [5.41, 5.74) is 6.05. The summed E-state index contributed by atoms with van der Waals surface area (Å²) in [4.78, 5) is 11.9. The van der Waals surface area contributed by atoms with Gasteiger partial charge in [-0.1, -0.05) is 23.2 Å². The Bertz CT molecular complexity index is 461. The summed E-state index contributed by atoms with van der Waals surface area (Å²) in [5.74, 6) is -1.43. The van der Waals surface area contributed by atoms with E-state index in [9.17, 15) is 9.18 Å². The second-order valence-electron chi connectivity index (χ2n) is 4.05. The van der Waals surface area contributed by atoms with Gasteiger partial charge < -0.3 is 15.8 Å². The molecule has 0 saturated carbocycles. The van der Waals surface area contributed by atoms with E-state index in [4.69, 9.17) is 33.7 Å². The van der Waals surface area contributed by atoms with Gasteiger partial charge >= 0.3 is 0 Å². The third-order valence-electron chi connectivity index (χ3n) is 2.71. The Morgan fingerprint density at radius 3 is 2.50 bits per heavy atom. The molecule has 0 spiro atoms. The summed E-state index contributed by atoms with van der Waals surface area (Å²) in [6.45, 7) is 0.624. The molecule has 7 heteroatoms. The number of amides is 1. The fraction of sp³-hybridized carbons (Fsp3) is 0.364. The van der Waals surface area contributed by atoms with Crippen molar-refractivity contribution in [3.05, 3.63) is 28.0 Å². The Balaban J connectivity index is 2.12. The Kier molecular flexibility index (Phi) is 4.07. The van der Waals surface area contributed by atoms with Gasteiger partial charge in [0.15, 0.2) is 5.82 Å². The van der Waals surface area contributed by atoms with E-state index in [1.54, 1.807) is 0 Å². The molecule has 1 aromatic rings. The van der Waals surface area contributed by atoms with E-state index >= 15 is 0 Å². The molecular weight excluding hydrogens is 282 g/mol. The van der Waals surface area contributed by atoms with Crippen molar-refractivity contribution in [1.29, 1.82) is 0 Å². The number of carbonyl (C=O) groups is 1. The summed E-state index contributed by atoms with van der Waals surface area (Å²) in [6, 6.07) is 2.25. The minimum atomic E-state index is -0.711. The molecule has 1 aliphatic heterocycles. The molecule has 1 heterocycles. The fourth-order valence-corrected chi connectivity index (χ4v) is 2.19. The highest BCUT2D eigenvalue weighted by Gasteiger charge is 2.31. The molecule has 1 amide bonds. The van der Waals surface area contributed by atoms with Gasteiger partial charge in [0.05, 0.1) is 29.2 Å². The number of rotatable bonds is 2. The van der Waals surface area contributed by atoms with E-state index in [-0.39, 0.29) is 28.6 Å². The van der Waals surface area contributed by atoms with E-state index in [1.165, 1.54) is 12.1 Å². The summed E-state index contributed by atoms with van der Waals surface area (Å²) in [5, 5.41) is 2.29. The van der Waals surface area contributed by atoms with Crippen LogP contribution in [0.25, 0.3) is 0 Å². The topological polar surface area (TPSA) is 64.3 Å². The molecule has 1 aliphatic rings. The van der Waals surface area contributed by atoms with Crippen LogP contribution < -0.4 is 11.1 Å². The van der Waals surface area contributed by atoms with Gasteiger partial charge in [0.25, 0.3) is 0 Å². The van der Waals surface area contributed by atoms with Crippen molar-refractivity contribution in [2.24, 2.45) is 11.7 Å². The first-order valence-electron chi connectivity index (χ1n) is 5.27.